The molecule has 0 heterocycles. The predicted octanol–water partition coefficient (Wildman–Crippen LogP) is 2.32. The van der Waals surface area contributed by atoms with Crippen molar-refractivity contribution < 1.29 is 24.2 Å². The molecule has 2 unspecified atom stereocenters. The Hall–Kier alpha value is -2.24. The number of carboxylic acid groups (broad SMARTS) is 1. The highest BCUT2D eigenvalue weighted by atomic mass is 16.5. The molecule has 23 heavy (non-hydrogen) atoms. The molecule has 0 aromatic heterocycles. The number of hydrogen-bond acceptors (Lipinski definition) is 4. The highest BCUT2D eigenvalue weighted by Crippen LogP contribution is 2.31. The third kappa shape index (κ3) is 4.61. The van der Waals surface area contributed by atoms with Gasteiger partial charge in [0.15, 0.2) is 0 Å². The van der Waals surface area contributed by atoms with E-state index in [9.17, 15) is 9.59 Å². The quantitative estimate of drug-likeness (QED) is 0.767. The molecule has 1 aliphatic rings. The van der Waals surface area contributed by atoms with Gasteiger partial charge in [0.1, 0.15) is 11.5 Å². The third-order valence-corrected chi connectivity index (χ3v) is 4.10. The molecule has 1 fully saturated rings. The number of carbonyl (C=O) groups excluding carboxylic acids is 1. The molecule has 1 aromatic rings. The van der Waals surface area contributed by atoms with E-state index in [0.717, 1.165) is 12.8 Å². The molecule has 0 aliphatic heterocycles. The number of ether oxygens (including phenoxy) is 2. The summed E-state index contributed by atoms with van der Waals surface area (Å²) in [6, 6.07) is 4.51. The van der Waals surface area contributed by atoms with Crippen molar-refractivity contribution in [1.82, 2.24) is 5.32 Å². The van der Waals surface area contributed by atoms with Crippen LogP contribution in [0.25, 0.3) is 0 Å². The Bertz CT molecular complexity index is 582. The van der Waals surface area contributed by atoms with Crippen molar-refractivity contribution in [2.45, 2.75) is 32.7 Å². The lowest BCUT2D eigenvalue weighted by Gasteiger charge is -2.19. The first-order valence-corrected chi connectivity index (χ1v) is 7.77. The number of rotatable bonds is 8. The molecule has 1 amide bonds. The number of aliphatic carboxylic acids is 1. The number of carboxylic acids is 1. The van der Waals surface area contributed by atoms with Crippen LogP contribution in [0.5, 0.6) is 11.5 Å². The summed E-state index contributed by atoms with van der Waals surface area (Å²) in [6.45, 7) is 3.81. The number of carbonyl (C=O) groups is 2. The minimum absolute atomic E-state index is 0.348. The molecule has 6 nitrogen and oxygen atoms in total. The van der Waals surface area contributed by atoms with Gasteiger partial charge in [-0.1, -0.05) is 0 Å². The Labute approximate surface area is 135 Å². The van der Waals surface area contributed by atoms with Crippen LogP contribution >= 0.6 is 0 Å². The lowest BCUT2D eigenvalue weighted by Crippen LogP contribution is -2.40. The van der Waals surface area contributed by atoms with Gasteiger partial charge >= 0.3 is 5.97 Å². The van der Waals surface area contributed by atoms with Crippen molar-refractivity contribution in [1.29, 1.82) is 0 Å². The standard InChI is InChI=1S/C17H23NO5/c1-10(17(20)21)11(2)18-16(19)14-7-6-13(22-3)8-15(14)23-9-12-4-5-12/h6-8,10-12H,4-5,9H2,1-3H3,(H,18,19)(H,20,21). The molecular weight excluding hydrogens is 298 g/mol. The molecular formula is C17H23NO5. The fraction of sp³-hybridized carbons (Fsp3) is 0.529. The zero-order valence-corrected chi connectivity index (χ0v) is 13.7. The largest absolute Gasteiger partial charge is 0.497 e. The van der Waals surface area contributed by atoms with Crippen LogP contribution < -0.4 is 14.8 Å². The van der Waals surface area contributed by atoms with Gasteiger partial charge in [0, 0.05) is 12.1 Å². The van der Waals surface area contributed by atoms with Gasteiger partial charge in [-0.3, -0.25) is 9.59 Å². The summed E-state index contributed by atoms with van der Waals surface area (Å²) >= 11 is 0. The van der Waals surface area contributed by atoms with Crippen LogP contribution in [0, 0.1) is 11.8 Å². The number of amides is 1. The summed E-state index contributed by atoms with van der Waals surface area (Å²) in [4.78, 5) is 23.4. The van der Waals surface area contributed by atoms with Crippen LogP contribution in [0.3, 0.4) is 0 Å². The summed E-state index contributed by atoms with van der Waals surface area (Å²) < 4.78 is 10.9. The van der Waals surface area contributed by atoms with Crippen molar-refractivity contribution in [3.63, 3.8) is 0 Å². The highest BCUT2D eigenvalue weighted by Gasteiger charge is 2.25. The molecule has 1 saturated carbocycles. The molecule has 126 valence electrons. The van der Waals surface area contributed by atoms with E-state index in [4.69, 9.17) is 14.6 Å². The van der Waals surface area contributed by atoms with Gasteiger partial charge < -0.3 is 19.9 Å². The van der Waals surface area contributed by atoms with Gasteiger partial charge in [-0.05, 0) is 44.7 Å². The van der Waals surface area contributed by atoms with Crippen LogP contribution in [0.4, 0.5) is 0 Å². The molecule has 2 rings (SSSR count). The number of hydrogen-bond donors (Lipinski definition) is 2. The van der Waals surface area contributed by atoms with Gasteiger partial charge in [0.2, 0.25) is 0 Å². The van der Waals surface area contributed by atoms with E-state index in [2.05, 4.69) is 5.32 Å². The molecule has 6 heteroatoms. The second kappa shape index (κ2) is 7.35. The van der Waals surface area contributed by atoms with E-state index in [1.165, 1.54) is 0 Å². The van der Waals surface area contributed by atoms with Crippen LogP contribution in [0.15, 0.2) is 18.2 Å². The molecule has 0 bridgehead atoms. The van der Waals surface area contributed by atoms with Gasteiger partial charge in [-0.25, -0.2) is 0 Å². The maximum atomic E-state index is 12.4. The lowest BCUT2D eigenvalue weighted by atomic mass is 10.0. The maximum absolute atomic E-state index is 12.4. The summed E-state index contributed by atoms with van der Waals surface area (Å²) in [7, 11) is 1.55. The minimum atomic E-state index is -0.947. The van der Waals surface area contributed by atoms with E-state index >= 15 is 0 Å². The number of methoxy groups -OCH3 is 1. The van der Waals surface area contributed by atoms with Gasteiger partial charge in [0.05, 0.1) is 25.2 Å². The van der Waals surface area contributed by atoms with E-state index in [1.54, 1.807) is 39.2 Å². The van der Waals surface area contributed by atoms with Crippen molar-refractivity contribution in [2.75, 3.05) is 13.7 Å². The van der Waals surface area contributed by atoms with Gasteiger partial charge in [-0.2, -0.15) is 0 Å². The SMILES string of the molecule is COc1ccc(C(=O)NC(C)C(C)C(=O)O)c(OCC2CC2)c1. The molecule has 1 aromatic carbocycles. The molecule has 0 saturated heterocycles. The normalized spacial score (nSPS) is 16.3. The molecule has 0 spiro atoms. The fourth-order valence-electron chi connectivity index (χ4n) is 2.05. The average Bonchev–Trinajstić information content (AvgIpc) is 3.35. The van der Waals surface area contributed by atoms with Gasteiger partial charge in [0.25, 0.3) is 5.91 Å². The topological polar surface area (TPSA) is 84.9 Å². The zero-order valence-electron chi connectivity index (χ0n) is 13.7. The third-order valence-electron chi connectivity index (χ3n) is 4.10. The average molecular weight is 321 g/mol. The van der Waals surface area contributed by atoms with Crippen LogP contribution in [-0.2, 0) is 4.79 Å². The van der Waals surface area contributed by atoms with Crippen LogP contribution in [0.1, 0.15) is 37.0 Å². The second-order valence-electron chi connectivity index (χ2n) is 6.01. The van der Waals surface area contributed by atoms with Crippen LogP contribution in [-0.4, -0.2) is 36.7 Å². The Kier molecular flexibility index (Phi) is 5.47. The summed E-state index contributed by atoms with van der Waals surface area (Å²) in [5, 5.41) is 11.7. The lowest BCUT2D eigenvalue weighted by molar-refractivity contribution is -0.141. The predicted molar refractivity (Wildman–Crippen MR) is 84.9 cm³/mol. The minimum Gasteiger partial charge on any atom is -0.497 e. The first-order valence-electron chi connectivity index (χ1n) is 7.77. The van der Waals surface area contributed by atoms with Crippen molar-refractivity contribution in [2.24, 2.45) is 11.8 Å². The Balaban J connectivity index is 2.12. The highest BCUT2D eigenvalue weighted by molar-refractivity contribution is 5.97. The summed E-state index contributed by atoms with van der Waals surface area (Å²) in [6.07, 6.45) is 2.30. The van der Waals surface area contributed by atoms with Crippen LogP contribution in [0.2, 0.25) is 0 Å². The maximum Gasteiger partial charge on any atom is 0.308 e. The number of benzene rings is 1. The summed E-state index contributed by atoms with van der Waals surface area (Å²) in [5.41, 5.74) is 0.385. The van der Waals surface area contributed by atoms with E-state index < -0.39 is 17.9 Å². The molecule has 1 aliphatic carbocycles. The van der Waals surface area contributed by atoms with Crippen molar-refractivity contribution in [3.05, 3.63) is 23.8 Å². The Morgan fingerprint density at radius 1 is 1.35 bits per heavy atom. The fourth-order valence-corrected chi connectivity index (χ4v) is 2.05. The first-order chi connectivity index (χ1) is 10.9. The van der Waals surface area contributed by atoms with Gasteiger partial charge in [-0.15, -0.1) is 0 Å². The zero-order chi connectivity index (χ0) is 17.0. The summed E-state index contributed by atoms with van der Waals surface area (Å²) in [5.74, 6) is -0.337. The Morgan fingerprint density at radius 3 is 2.61 bits per heavy atom. The Morgan fingerprint density at radius 2 is 2.04 bits per heavy atom. The number of nitrogens with one attached hydrogen (secondary N) is 1. The van der Waals surface area contributed by atoms with E-state index in [0.29, 0.717) is 29.6 Å². The first kappa shape index (κ1) is 17.1. The molecule has 2 N–H and O–H groups in total. The van der Waals surface area contributed by atoms with E-state index in [1.807, 2.05) is 0 Å². The molecule has 2 atom stereocenters. The second-order valence-corrected chi connectivity index (χ2v) is 6.01. The molecule has 0 radical (unpaired) electrons. The van der Waals surface area contributed by atoms with Crippen molar-refractivity contribution >= 4 is 11.9 Å². The monoisotopic (exact) mass is 321 g/mol. The smallest absolute Gasteiger partial charge is 0.308 e. The van der Waals surface area contributed by atoms with E-state index in [-0.39, 0.29) is 5.91 Å². The van der Waals surface area contributed by atoms with Crippen molar-refractivity contribution in [3.8, 4) is 11.5 Å².